The number of hydrogen-bond donors (Lipinski definition) is 0. The van der Waals surface area contributed by atoms with Crippen LogP contribution in [0.1, 0.15) is 0 Å². The Hall–Kier alpha value is -1.44. The molecule has 0 aliphatic carbocycles. The second-order valence-corrected chi connectivity index (χ2v) is 4.00. The molecule has 0 aliphatic rings. The molecule has 0 heterocycles. The van der Waals surface area contributed by atoms with Crippen LogP contribution in [-0.4, -0.2) is 0 Å². The molecule has 0 saturated heterocycles. The van der Waals surface area contributed by atoms with Crippen LogP contribution in [0.5, 0.6) is 5.75 Å². The molecule has 2 aromatic carbocycles. The van der Waals surface area contributed by atoms with E-state index in [0.29, 0.717) is 5.75 Å². The quantitative estimate of drug-likeness (QED) is 0.709. The maximum Gasteiger partial charge on any atom is 0.205 e. The molecule has 2 aromatic rings. The maximum absolute atomic E-state index is 5.66. The second-order valence-electron chi connectivity index (χ2n) is 3.41. The average Bonchev–Trinajstić information content (AvgIpc) is 2.40. The molecule has 0 spiro atoms. The van der Waals surface area contributed by atoms with Gasteiger partial charge in [0, 0.05) is 0 Å². The summed E-state index contributed by atoms with van der Waals surface area (Å²) in [5.41, 5.74) is 3.48. The van der Waals surface area contributed by atoms with Crippen LogP contribution in [0.3, 0.4) is 0 Å². The Morgan fingerprint density at radius 1 is 0.882 bits per heavy atom. The van der Waals surface area contributed by atoms with Gasteiger partial charge >= 0.3 is 0 Å². The predicted octanol–water partition coefficient (Wildman–Crippen LogP) is 5.01. The number of halogens is 2. The highest BCUT2D eigenvalue weighted by molar-refractivity contribution is 6.35. The Morgan fingerprint density at radius 3 is 2.06 bits per heavy atom. The van der Waals surface area contributed by atoms with Crippen LogP contribution < -0.4 is 4.74 Å². The van der Waals surface area contributed by atoms with Crippen molar-refractivity contribution in [3.8, 4) is 16.9 Å². The molecule has 0 atom stereocenters. The molecule has 86 valence electrons. The molecule has 0 N–H and O–H groups in total. The fraction of sp³-hybridized carbons (Fsp3) is 0. The van der Waals surface area contributed by atoms with Gasteiger partial charge in [0.15, 0.2) is 0 Å². The molecule has 0 unspecified atom stereocenters. The van der Waals surface area contributed by atoms with Gasteiger partial charge in [-0.05, 0) is 34.9 Å². The maximum atomic E-state index is 5.66. The molecular weight excluding hydrogens is 255 g/mol. The van der Waals surface area contributed by atoms with Crippen molar-refractivity contribution in [2.24, 2.45) is 0 Å². The SMILES string of the molecule is ClC=C(Cl)Oc1ccc(-c2ccccc2)cc1. The zero-order chi connectivity index (χ0) is 12.1. The van der Waals surface area contributed by atoms with Crippen molar-refractivity contribution in [2.45, 2.75) is 0 Å². The van der Waals surface area contributed by atoms with E-state index in [-0.39, 0.29) is 5.22 Å². The molecule has 1 nitrogen and oxygen atoms in total. The zero-order valence-electron chi connectivity index (χ0n) is 8.94. The lowest BCUT2D eigenvalue weighted by atomic mass is 10.1. The summed E-state index contributed by atoms with van der Waals surface area (Å²) in [6.45, 7) is 0. The van der Waals surface area contributed by atoms with Crippen molar-refractivity contribution < 1.29 is 4.74 Å². The van der Waals surface area contributed by atoms with Gasteiger partial charge in [-0.15, -0.1) is 0 Å². The number of rotatable bonds is 3. The van der Waals surface area contributed by atoms with Crippen LogP contribution in [0.15, 0.2) is 65.4 Å². The minimum Gasteiger partial charge on any atom is -0.444 e. The third-order valence-electron chi connectivity index (χ3n) is 2.26. The molecule has 0 saturated carbocycles. The Labute approximate surface area is 110 Å². The molecule has 0 radical (unpaired) electrons. The van der Waals surface area contributed by atoms with Crippen LogP contribution in [0.4, 0.5) is 0 Å². The van der Waals surface area contributed by atoms with Gasteiger partial charge in [0.05, 0.1) is 5.54 Å². The van der Waals surface area contributed by atoms with Gasteiger partial charge in [-0.25, -0.2) is 0 Å². The van der Waals surface area contributed by atoms with Crippen LogP contribution in [0.25, 0.3) is 11.1 Å². The highest BCUT2D eigenvalue weighted by Gasteiger charge is 1.99. The van der Waals surface area contributed by atoms with E-state index in [1.54, 1.807) is 0 Å². The zero-order valence-corrected chi connectivity index (χ0v) is 10.4. The third-order valence-corrected chi connectivity index (χ3v) is 2.76. The van der Waals surface area contributed by atoms with Gasteiger partial charge in [-0.3, -0.25) is 0 Å². The Balaban J connectivity index is 2.19. The van der Waals surface area contributed by atoms with Crippen molar-refractivity contribution in [2.75, 3.05) is 0 Å². The van der Waals surface area contributed by atoms with Gasteiger partial charge in [0.2, 0.25) is 5.22 Å². The first-order valence-corrected chi connectivity index (χ1v) is 5.90. The fourth-order valence-corrected chi connectivity index (χ4v) is 1.61. The smallest absolute Gasteiger partial charge is 0.205 e. The normalized spacial score (nSPS) is 11.3. The number of hydrogen-bond acceptors (Lipinski definition) is 1. The molecule has 3 heteroatoms. The van der Waals surface area contributed by atoms with Crippen LogP contribution in [0, 0.1) is 0 Å². The lowest BCUT2D eigenvalue weighted by molar-refractivity contribution is 0.464. The van der Waals surface area contributed by atoms with E-state index in [0.717, 1.165) is 11.1 Å². The lowest BCUT2D eigenvalue weighted by Crippen LogP contribution is -1.87. The van der Waals surface area contributed by atoms with Crippen LogP contribution in [0.2, 0.25) is 0 Å². The van der Waals surface area contributed by atoms with E-state index in [4.69, 9.17) is 27.9 Å². The van der Waals surface area contributed by atoms with Crippen molar-refractivity contribution >= 4 is 23.2 Å². The van der Waals surface area contributed by atoms with Crippen molar-refractivity contribution in [1.29, 1.82) is 0 Å². The van der Waals surface area contributed by atoms with E-state index in [1.807, 2.05) is 42.5 Å². The predicted molar refractivity (Wildman–Crippen MR) is 72.3 cm³/mol. The molecular formula is C14H10Cl2O. The molecule has 0 bridgehead atoms. The fourth-order valence-electron chi connectivity index (χ4n) is 1.48. The summed E-state index contributed by atoms with van der Waals surface area (Å²) in [7, 11) is 0. The Bertz CT molecular complexity index is 504. The highest BCUT2D eigenvalue weighted by atomic mass is 35.5. The Morgan fingerprint density at radius 2 is 1.47 bits per heavy atom. The van der Waals surface area contributed by atoms with E-state index in [1.165, 1.54) is 5.54 Å². The standard InChI is InChI=1S/C14H10Cl2O/c15-10-14(16)17-13-8-6-12(7-9-13)11-4-2-1-3-5-11/h1-10H. The largest absolute Gasteiger partial charge is 0.444 e. The van der Waals surface area contributed by atoms with Crippen LogP contribution >= 0.6 is 23.2 Å². The summed E-state index contributed by atoms with van der Waals surface area (Å²) in [4.78, 5) is 0. The Kier molecular flexibility index (Phi) is 4.08. The van der Waals surface area contributed by atoms with E-state index in [9.17, 15) is 0 Å². The van der Waals surface area contributed by atoms with Crippen LogP contribution in [-0.2, 0) is 0 Å². The first kappa shape index (κ1) is 12.0. The lowest BCUT2D eigenvalue weighted by Gasteiger charge is -2.05. The topological polar surface area (TPSA) is 9.23 Å². The van der Waals surface area contributed by atoms with E-state index < -0.39 is 0 Å². The van der Waals surface area contributed by atoms with Crippen molar-refractivity contribution in [3.63, 3.8) is 0 Å². The van der Waals surface area contributed by atoms with Gasteiger partial charge < -0.3 is 4.74 Å². The van der Waals surface area contributed by atoms with Gasteiger partial charge in [0.25, 0.3) is 0 Å². The first-order chi connectivity index (χ1) is 8.29. The summed E-state index contributed by atoms with van der Waals surface area (Å²) in [6, 6.07) is 17.8. The molecule has 2 rings (SSSR count). The summed E-state index contributed by atoms with van der Waals surface area (Å²) in [5, 5.41) is 0.152. The summed E-state index contributed by atoms with van der Waals surface area (Å²) in [6.07, 6.45) is 0. The minimum atomic E-state index is 0.152. The highest BCUT2D eigenvalue weighted by Crippen LogP contribution is 2.23. The van der Waals surface area contributed by atoms with Crippen molar-refractivity contribution in [1.82, 2.24) is 0 Å². The summed E-state index contributed by atoms with van der Waals surface area (Å²) in [5.74, 6) is 0.659. The van der Waals surface area contributed by atoms with Gasteiger partial charge in [-0.2, -0.15) is 0 Å². The minimum absolute atomic E-state index is 0.152. The summed E-state index contributed by atoms with van der Waals surface area (Å²) >= 11 is 11.1. The van der Waals surface area contributed by atoms with E-state index >= 15 is 0 Å². The van der Waals surface area contributed by atoms with Gasteiger partial charge in [0.1, 0.15) is 5.75 Å². The van der Waals surface area contributed by atoms with Crippen molar-refractivity contribution in [3.05, 3.63) is 65.4 Å². The molecule has 0 aliphatic heterocycles. The van der Waals surface area contributed by atoms with E-state index in [2.05, 4.69) is 12.1 Å². The number of benzene rings is 2. The monoisotopic (exact) mass is 264 g/mol. The summed E-state index contributed by atoms with van der Waals surface area (Å²) < 4.78 is 5.25. The third kappa shape index (κ3) is 3.26. The number of ether oxygens (including phenoxy) is 1. The molecule has 0 fully saturated rings. The molecule has 0 amide bonds. The first-order valence-electron chi connectivity index (χ1n) is 5.09. The molecule has 17 heavy (non-hydrogen) atoms. The van der Waals surface area contributed by atoms with Gasteiger partial charge in [-0.1, -0.05) is 54.1 Å². The second kappa shape index (κ2) is 5.76. The average molecular weight is 265 g/mol. The molecule has 0 aromatic heterocycles.